The molecule has 2 fully saturated rings. The Kier molecular flexibility index (Phi) is 4.42. The topological polar surface area (TPSA) is 84.0 Å². The zero-order valence-electron chi connectivity index (χ0n) is 13.8. The number of hydrogen-bond acceptors (Lipinski definition) is 5. The van der Waals surface area contributed by atoms with Crippen LogP contribution in [0.1, 0.15) is 50.1 Å². The van der Waals surface area contributed by atoms with Gasteiger partial charge in [0.05, 0.1) is 18.2 Å². The lowest BCUT2D eigenvalue weighted by Crippen LogP contribution is -2.40. The Labute approximate surface area is 140 Å². The predicted molar refractivity (Wildman–Crippen MR) is 88.4 cm³/mol. The van der Waals surface area contributed by atoms with Gasteiger partial charge in [0, 0.05) is 38.0 Å². The van der Waals surface area contributed by atoms with Crippen molar-refractivity contribution in [3.63, 3.8) is 0 Å². The molecule has 7 nitrogen and oxygen atoms in total. The van der Waals surface area contributed by atoms with Crippen molar-refractivity contribution >= 4 is 17.1 Å². The van der Waals surface area contributed by atoms with Crippen LogP contribution in [0, 0.1) is 0 Å². The van der Waals surface area contributed by atoms with Gasteiger partial charge < -0.3 is 9.64 Å². The molecule has 1 N–H and O–H groups in total. The molecule has 0 bridgehead atoms. The number of ether oxygens (including phenoxy) is 1. The molecule has 1 amide bonds. The number of aromatic nitrogens is 4. The van der Waals surface area contributed by atoms with E-state index >= 15 is 0 Å². The van der Waals surface area contributed by atoms with Crippen molar-refractivity contribution in [1.29, 1.82) is 0 Å². The van der Waals surface area contributed by atoms with Crippen LogP contribution in [0.4, 0.5) is 0 Å². The van der Waals surface area contributed by atoms with E-state index in [0.29, 0.717) is 18.0 Å². The highest BCUT2D eigenvalue weighted by Crippen LogP contribution is 2.30. The van der Waals surface area contributed by atoms with Crippen molar-refractivity contribution in [3.05, 3.63) is 18.1 Å². The summed E-state index contributed by atoms with van der Waals surface area (Å²) >= 11 is 0. The van der Waals surface area contributed by atoms with E-state index in [2.05, 4.69) is 20.2 Å². The molecular formula is C17H23N5O2. The van der Waals surface area contributed by atoms with Crippen molar-refractivity contribution in [2.75, 3.05) is 19.7 Å². The van der Waals surface area contributed by atoms with Gasteiger partial charge in [0.1, 0.15) is 5.52 Å². The fourth-order valence-electron chi connectivity index (χ4n) is 3.76. The number of nitrogens with zero attached hydrogens (tertiary/aromatic N) is 4. The van der Waals surface area contributed by atoms with Gasteiger partial charge in [-0.3, -0.25) is 9.89 Å². The normalized spacial score (nSPS) is 22.8. The Morgan fingerprint density at radius 3 is 2.83 bits per heavy atom. The molecule has 128 valence electrons. The van der Waals surface area contributed by atoms with Gasteiger partial charge in [0.15, 0.2) is 5.65 Å². The van der Waals surface area contributed by atoms with Gasteiger partial charge in [0.2, 0.25) is 5.91 Å². The number of carbonyl (C=O) groups excluding carboxylic acids is 1. The zero-order valence-corrected chi connectivity index (χ0v) is 13.8. The van der Waals surface area contributed by atoms with E-state index in [4.69, 9.17) is 4.74 Å². The number of amides is 1. The summed E-state index contributed by atoms with van der Waals surface area (Å²) < 4.78 is 5.69. The number of carbonyl (C=O) groups is 1. The van der Waals surface area contributed by atoms with Crippen LogP contribution in [0.2, 0.25) is 0 Å². The number of likely N-dealkylation sites (tertiary alicyclic amines) is 1. The quantitative estimate of drug-likeness (QED) is 0.931. The van der Waals surface area contributed by atoms with Gasteiger partial charge in [-0.25, -0.2) is 9.97 Å². The Hall–Kier alpha value is -2.02. The average molecular weight is 329 g/mol. The van der Waals surface area contributed by atoms with Gasteiger partial charge in [-0.2, -0.15) is 5.10 Å². The maximum atomic E-state index is 12.5. The standard InChI is InChI=1S/C17H23N5O2/c23-14(11-13-3-1-2-10-24-13)22-8-4-12(5-9-22)15-16-17(21-20-15)19-7-6-18-16/h6-7,12-13H,1-5,8-11H2,(H,19,20,21)/t13-/m1/s1. The van der Waals surface area contributed by atoms with Crippen molar-refractivity contribution in [3.8, 4) is 0 Å². The van der Waals surface area contributed by atoms with Gasteiger partial charge in [0.25, 0.3) is 0 Å². The van der Waals surface area contributed by atoms with Crippen LogP contribution in [-0.4, -0.2) is 56.8 Å². The van der Waals surface area contributed by atoms with Crippen LogP contribution in [0.25, 0.3) is 11.2 Å². The van der Waals surface area contributed by atoms with Crippen LogP contribution in [-0.2, 0) is 9.53 Å². The third-order valence-corrected chi connectivity index (χ3v) is 5.15. The Bertz CT molecular complexity index is 702. The van der Waals surface area contributed by atoms with Crippen LogP contribution in [0.3, 0.4) is 0 Å². The van der Waals surface area contributed by atoms with E-state index < -0.39 is 0 Å². The van der Waals surface area contributed by atoms with Gasteiger partial charge in [-0.1, -0.05) is 0 Å². The minimum Gasteiger partial charge on any atom is -0.378 e. The summed E-state index contributed by atoms with van der Waals surface area (Å²) in [5.41, 5.74) is 2.58. The molecule has 1 atom stereocenters. The molecule has 2 aromatic rings. The first kappa shape index (κ1) is 15.5. The zero-order chi connectivity index (χ0) is 16.4. The summed E-state index contributed by atoms with van der Waals surface area (Å²) in [6, 6.07) is 0. The van der Waals surface area contributed by atoms with Gasteiger partial charge >= 0.3 is 0 Å². The van der Waals surface area contributed by atoms with Crippen molar-refractivity contribution < 1.29 is 9.53 Å². The second kappa shape index (κ2) is 6.84. The summed E-state index contributed by atoms with van der Waals surface area (Å²) in [5.74, 6) is 0.594. The van der Waals surface area contributed by atoms with Crippen LogP contribution >= 0.6 is 0 Å². The van der Waals surface area contributed by atoms with Crippen molar-refractivity contribution in [2.45, 2.75) is 50.5 Å². The molecule has 2 aromatic heterocycles. The number of nitrogens with one attached hydrogen (secondary N) is 1. The van der Waals surface area contributed by atoms with Crippen LogP contribution in [0.15, 0.2) is 12.4 Å². The molecule has 0 aliphatic carbocycles. The molecule has 24 heavy (non-hydrogen) atoms. The number of aromatic amines is 1. The van der Waals surface area contributed by atoms with E-state index in [1.807, 2.05) is 4.90 Å². The molecule has 0 aromatic carbocycles. The smallest absolute Gasteiger partial charge is 0.225 e. The summed E-state index contributed by atoms with van der Waals surface area (Å²) in [6.45, 7) is 2.38. The maximum absolute atomic E-state index is 12.5. The fourth-order valence-corrected chi connectivity index (χ4v) is 3.76. The van der Waals surface area contributed by atoms with Gasteiger partial charge in [-0.15, -0.1) is 0 Å². The Morgan fingerprint density at radius 1 is 1.21 bits per heavy atom. The second-order valence-corrected chi connectivity index (χ2v) is 6.71. The third kappa shape index (κ3) is 3.13. The summed E-state index contributed by atoms with van der Waals surface area (Å²) in [5, 5.41) is 7.32. The number of fused-ring (bicyclic) bond motifs is 1. The van der Waals surface area contributed by atoms with E-state index in [9.17, 15) is 4.79 Å². The van der Waals surface area contributed by atoms with E-state index in [1.165, 1.54) is 6.42 Å². The Balaban J connectivity index is 1.35. The molecule has 2 aliphatic rings. The fraction of sp³-hybridized carbons (Fsp3) is 0.647. The molecule has 4 rings (SSSR count). The molecule has 0 spiro atoms. The summed E-state index contributed by atoms with van der Waals surface area (Å²) in [6.07, 6.45) is 9.19. The molecule has 2 aliphatic heterocycles. The van der Waals surface area contributed by atoms with Crippen molar-refractivity contribution in [2.24, 2.45) is 0 Å². The van der Waals surface area contributed by atoms with Crippen molar-refractivity contribution in [1.82, 2.24) is 25.1 Å². The predicted octanol–water partition coefficient (Wildman–Crippen LogP) is 2.02. The minimum atomic E-state index is 0.121. The minimum absolute atomic E-state index is 0.121. The number of rotatable bonds is 3. The number of H-pyrrole nitrogens is 1. The summed E-state index contributed by atoms with van der Waals surface area (Å²) in [4.78, 5) is 23.1. The average Bonchev–Trinajstić information content (AvgIpc) is 3.07. The lowest BCUT2D eigenvalue weighted by atomic mass is 9.92. The monoisotopic (exact) mass is 329 g/mol. The van der Waals surface area contributed by atoms with Crippen LogP contribution in [0.5, 0.6) is 0 Å². The van der Waals surface area contributed by atoms with Crippen LogP contribution < -0.4 is 0 Å². The SMILES string of the molecule is O=C(C[C@H]1CCCCO1)N1CCC(c2[nH]nc3nccnc23)CC1. The number of hydrogen-bond donors (Lipinski definition) is 1. The first-order chi connectivity index (χ1) is 11.8. The summed E-state index contributed by atoms with van der Waals surface area (Å²) in [7, 11) is 0. The van der Waals surface area contributed by atoms with E-state index in [-0.39, 0.29) is 12.0 Å². The third-order valence-electron chi connectivity index (χ3n) is 5.15. The molecule has 7 heteroatoms. The second-order valence-electron chi connectivity index (χ2n) is 6.71. The lowest BCUT2D eigenvalue weighted by Gasteiger charge is -2.33. The molecule has 0 radical (unpaired) electrons. The largest absolute Gasteiger partial charge is 0.378 e. The van der Waals surface area contributed by atoms with Gasteiger partial charge in [-0.05, 0) is 32.1 Å². The molecule has 0 saturated carbocycles. The molecule has 4 heterocycles. The highest BCUT2D eigenvalue weighted by atomic mass is 16.5. The van der Waals surface area contributed by atoms with E-state index in [1.54, 1.807) is 12.4 Å². The maximum Gasteiger partial charge on any atom is 0.225 e. The molecular weight excluding hydrogens is 306 g/mol. The first-order valence-electron chi connectivity index (χ1n) is 8.85. The molecule has 0 unspecified atom stereocenters. The first-order valence-corrected chi connectivity index (χ1v) is 8.85. The highest BCUT2D eigenvalue weighted by Gasteiger charge is 2.28. The molecule has 2 saturated heterocycles. The lowest BCUT2D eigenvalue weighted by molar-refractivity contribution is -0.136. The van der Waals surface area contributed by atoms with E-state index in [0.717, 1.165) is 56.6 Å². The number of piperidine rings is 1. The Morgan fingerprint density at radius 2 is 2.04 bits per heavy atom. The highest BCUT2D eigenvalue weighted by molar-refractivity contribution is 5.77.